The molecule has 0 radical (unpaired) electrons. The number of aryl methyl sites for hydroxylation is 1. The Labute approximate surface area is 127 Å². The van der Waals surface area contributed by atoms with Gasteiger partial charge in [0.05, 0.1) is 13.2 Å². The summed E-state index contributed by atoms with van der Waals surface area (Å²) >= 11 is 3.45. The molecule has 2 N–H and O–H groups in total. The lowest BCUT2D eigenvalue weighted by Crippen LogP contribution is -3.00. The van der Waals surface area contributed by atoms with Crippen LogP contribution in [0, 0.1) is 6.92 Å². The summed E-state index contributed by atoms with van der Waals surface area (Å²) in [5, 5.41) is 11.8. The van der Waals surface area contributed by atoms with E-state index in [1.807, 2.05) is 24.3 Å². The van der Waals surface area contributed by atoms with Gasteiger partial charge in [-0.15, -0.1) is 0 Å². The van der Waals surface area contributed by atoms with Crippen molar-refractivity contribution in [1.29, 1.82) is 0 Å². The van der Waals surface area contributed by atoms with Gasteiger partial charge in [-0.2, -0.15) is 0 Å². The van der Waals surface area contributed by atoms with Gasteiger partial charge >= 0.3 is 0 Å². The molecule has 0 fully saturated rings. The molecule has 104 valence electrons. The lowest BCUT2D eigenvalue weighted by molar-refractivity contribution is -0.00000528. The summed E-state index contributed by atoms with van der Waals surface area (Å²) in [7, 11) is 0. The van der Waals surface area contributed by atoms with Gasteiger partial charge in [-0.3, -0.25) is 0 Å². The zero-order chi connectivity index (χ0) is 13.0. The highest BCUT2D eigenvalue weighted by atomic mass is 79.9. The number of benzene rings is 1. The molecule has 1 heterocycles. The Morgan fingerprint density at radius 2 is 2.05 bits per heavy atom. The summed E-state index contributed by atoms with van der Waals surface area (Å²) in [5.41, 5.74) is 2.28. The number of furan rings is 1. The second-order valence-electron chi connectivity index (χ2n) is 4.13. The minimum absolute atomic E-state index is 0. The van der Waals surface area contributed by atoms with Crippen LogP contribution in [0.25, 0.3) is 11.3 Å². The van der Waals surface area contributed by atoms with Crippen LogP contribution in [-0.2, 0) is 6.54 Å². The van der Waals surface area contributed by atoms with Gasteiger partial charge < -0.3 is 27.2 Å². The minimum atomic E-state index is 0. The van der Waals surface area contributed by atoms with Gasteiger partial charge in [0.2, 0.25) is 0 Å². The van der Waals surface area contributed by atoms with Gasteiger partial charge in [-0.05, 0) is 42.8 Å². The van der Waals surface area contributed by atoms with Crippen LogP contribution in [0.4, 0.5) is 0 Å². The number of aliphatic hydroxyl groups excluding tert-OH is 1. The maximum atomic E-state index is 8.69. The first-order chi connectivity index (χ1) is 8.70. The van der Waals surface area contributed by atoms with E-state index in [1.54, 1.807) is 0 Å². The van der Waals surface area contributed by atoms with Crippen molar-refractivity contribution in [1.82, 2.24) is 5.32 Å². The fourth-order valence-corrected chi connectivity index (χ4v) is 2.29. The van der Waals surface area contributed by atoms with E-state index in [4.69, 9.17) is 9.52 Å². The molecule has 19 heavy (non-hydrogen) atoms. The van der Waals surface area contributed by atoms with Crippen molar-refractivity contribution in [3.8, 4) is 11.3 Å². The van der Waals surface area contributed by atoms with Crippen molar-refractivity contribution >= 4 is 15.9 Å². The van der Waals surface area contributed by atoms with Gasteiger partial charge in [-0.1, -0.05) is 15.9 Å². The SMILES string of the molecule is Cc1cc(Br)ccc1-c1ccc(CNCCO)o1.[Cl-]. The molecule has 1 aromatic carbocycles. The zero-order valence-electron chi connectivity index (χ0n) is 10.6. The monoisotopic (exact) mass is 344 g/mol. The van der Waals surface area contributed by atoms with Crippen LogP contribution in [-0.4, -0.2) is 18.3 Å². The highest BCUT2D eigenvalue weighted by molar-refractivity contribution is 9.10. The van der Waals surface area contributed by atoms with Gasteiger partial charge in [-0.25, -0.2) is 0 Å². The molecule has 0 unspecified atom stereocenters. The van der Waals surface area contributed by atoms with Gasteiger partial charge in [0.25, 0.3) is 0 Å². The lowest BCUT2D eigenvalue weighted by atomic mass is 10.1. The molecule has 0 amide bonds. The Kier molecular flexibility index (Phi) is 6.58. The summed E-state index contributed by atoms with van der Waals surface area (Å²) < 4.78 is 6.85. The second kappa shape index (κ2) is 7.70. The highest BCUT2D eigenvalue weighted by Gasteiger charge is 2.07. The van der Waals surface area contributed by atoms with E-state index >= 15 is 0 Å². The second-order valence-corrected chi connectivity index (χ2v) is 5.04. The molecule has 0 aliphatic rings. The van der Waals surface area contributed by atoms with Crippen LogP contribution in [0.1, 0.15) is 11.3 Å². The summed E-state index contributed by atoms with van der Waals surface area (Å²) in [6.45, 7) is 3.41. The molecular formula is C14H16BrClNO2-. The van der Waals surface area contributed by atoms with E-state index in [0.29, 0.717) is 13.1 Å². The van der Waals surface area contributed by atoms with Crippen LogP contribution in [0.5, 0.6) is 0 Å². The van der Waals surface area contributed by atoms with E-state index in [9.17, 15) is 0 Å². The Bertz CT molecular complexity index is 528. The fourth-order valence-electron chi connectivity index (χ4n) is 1.81. The van der Waals surface area contributed by atoms with Gasteiger partial charge in [0.1, 0.15) is 11.5 Å². The first-order valence-corrected chi connectivity index (χ1v) is 6.67. The predicted molar refractivity (Wildman–Crippen MR) is 75.4 cm³/mol. The van der Waals surface area contributed by atoms with E-state index in [-0.39, 0.29) is 19.0 Å². The van der Waals surface area contributed by atoms with Crippen molar-refractivity contribution in [2.24, 2.45) is 0 Å². The molecule has 0 spiro atoms. The molecule has 0 saturated heterocycles. The third-order valence-electron chi connectivity index (χ3n) is 2.70. The zero-order valence-corrected chi connectivity index (χ0v) is 13.0. The number of halogens is 2. The molecule has 0 saturated carbocycles. The Hall–Kier alpha value is -0.810. The average molecular weight is 346 g/mol. The quantitative estimate of drug-likeness (QED) is 0.756. The highest BCUT2D eigenvalue weighted by Crippen LogP contribution is 2.27. The first-order valence-electron chi connectivity index (χ1n) is 5.87. The van der Waals surface area contributed by atoms with Crippen molar-refractivity contribution < 1.29 is 21.9 Å². The van der Waals surface area contributed by atoms with Crippen LogP contribution in [0.2, 0.25) is 0 Å². The van der Waals surface area contributed by atoms with E-state index < -0.39 is 0 Å². The molecule has 0 bridgehead atoms. The largest absolute Gasteiger partial charge is 1.00 e. The van der Waals surface area contributed by atoms with Gasteiger partial charge in [0.15, 0.2) is 0 Å². The van der Waals surface area contributed by atoms with Crippen LogP contribution in [0.3, 0.4) is 0 Å². The van der Waals surface area contributed by atoms with E-state index in [0.717, 1.165) is 21.6 Å². The summed E-state index contributed by atoms with van der Waals surface area (Å²) in [6.07, 6.45) is 0. The average Bonchev–Trinajstić information content (AvgIpc) is 2.78. The maximum absolute atomic E-state index is 8.69. The number of rotatable bonds is 5. The Balaban J connectivity index is 0.00000180. The number of hydrogen-bond donors (Lipinski definition) is 2. The minimum Gasteiger partial charge on any atom is -1.00 e. The van der Waals surface area contributed by atoms with Gasteiger partial charge in [0, 0.05) is 16.6 Å². The van der Waals surface area contributed by atoms with Crippen molar-refractivity contribution in [2.45, 2.75) is 13.5 Å². The molecule has 0 aliphatic heterocycles. The molecular weight excluding hydrogens is 330 g/mol. The smallest absolute Gasteiger partial charge is 0.134 e. The number of hydrogen-bond acceptors (Lipinski definition) is 3. The third-order valence-corrected chi connectivity index (χ3v) is 3.20. The predicted octanol–water partition coefficient (Wildman–Crippen LogP) is 0.103. The summed E-state index contributed by atoms with van der Waals surface area (Å²) in [6, 6.07) is 10.1. The maximum Gasteiger partial charge on any atom is 0.134 e. The normalized spacial score (nSPS) is 10.3. The molecule has 0 atom stereocenters. The van der Waals surface area contributed by atoms with Crippen molar-refractivity contribution in [2.75, 3.05) is 13.2 Å². The molecule has 1 aromatic heterocycles. The first kappa shape index (κ1) is 16.2. The molecule has 5 heteroatoms. The molecule has 3 nitrogen and oxygen atoms in total. The van der Waals surface area contributed by atoms with E-state index in [1.165, 1.54) is 5.56 Å². The molecule has 2 rings (SSSR count). The lowest BCUT2D eigenvalue weighted by Gasteiger charge is -2.03. The van der Waals surface area contributed by atoms with Crippen molar-refractivity contribution in [3.63, 3.8) is 0 Å². The van der Waals surface area contributed by atoms with Crippen LogP contribution < -0.4 is 17.7 Å². The van der Waals surface area contributed by atoms with Crippen molar-refractivity contribution in [3.05, 3.63) is 46.1 Å². The third kappa shape index (κ3) is 4.35. The van der Waals surface area contributed by atoms with E-state index in [2.05, 4.69) is 34.2 Å². The number of nitrogens with one attached hydrogen (secondary N) is 1. The Morgan fingerprint density at radius 1 is 1.26 bits per heavy atom. The number of aliphatic hydroxyl groups is 1. The fraction of sp³-hybridized carbons (Fsp3) is 0.286. The molecule has 0 aliphatic carbocycles. The topological polar surface area (TPSA) is 45.4 Å². The van der Waals surface area contributed by atoms with Crippen LogP contribution >= 0.6 is 15.9 Å². The summed E-state index contributed by atoms with van der Waals surface area (Å²) in [5.74, 6) is 1.75. The summed E-state index contributed by atoms with van der Waals surface area (Å²) in [4.78, 5) is 0. The molecule has 2 aromatic rings. The Morgan fingerprint density at radius 3 is 2.74 bits per heavy atom. The standard InChI is InChI=1S/C14H16BrNO2.ClH/c1-10-8-11(15)2-4-13(10)14-5-3-12(18-14)9-16-6-7-17;/h2-5,8,16-17H,6-7,9H2,1H3;1H/p-1. The van der Waals surface area contributed by atoms with Crippen LogP contribution in [0.15, 0.2) is 39.2 Å².